The van der Waals surface area contributed by atoms with Crippen molar-refractivity contribution in [2.24, 2.45) is 5.41 Å². The van der Waals surface area contributed by atoms with Crippen molar-refractivity contribution in [1.29, 1.82) is 0 Å². The molecule has 4 nitrogen and oxygen atoms in total. The van der Waals surface area contributed by atoms with Crippen LogP contribution in [0.3, 0.4) is 0 Å². The van der Waals surface area contributed by atoms with Crippen molar-refractivity contribution in [3.05, 3.63) is 30.3 Å². The second-order valence-corrected chi connectivity index (χ2v) is 5.34. The van der Waals surface area contributed by atoms with Crippen LogP contribution in [0.1, 0.15) is 26.5 Å². The summed E-state index contributed by atoms with van der Waals surface area (Å²) in [4.78, 5) is 4.00. The van der Waals surface area contributed by atoms with E-state index in [9.17, 15) is 0 Å². The third-order valence-corrected chi connectivity index (χ3v) is 2.45. The van der Waals surface area contributed by atoms with Gasteiger partial charge in [0, 0.05) is 18.8 Å². The van der Waals surface area contributed by atoms with E-state index in [0.717, 1.165) is 23.3 Å². The third kappa shape index (κ3) is 2.64. The average Bonchev–Trinajstić information content (AvgIpc) is 2.58. The number of nitrogens with two attached hydrogens (primary N) is 1. The summed E-state index contributed by atoms with van der Waals surface area (Å²) in [5, 5.41) is 3.86. The topological polar surface area (TPSA) is 64.9 Å². The maximum Gasteiger partial charge on any atom is 0.175 e. The number of aromatic nitrogens is 2. The van der Waals surface area contributed by atoms with Crippen molar-refractivity contribution in [3.63, 3.8) is 0 Å². The molecular weight excluding hydrogens is 214 g/mol. The van der Waals surface area contributed by atoms with Crippen molar-refractivity contribution in [1.82, 2.24) is 10.1 Å². The Bertz CT molecular complexity index is 497. The van der Waals surface area contributed by atoms with E-state index in [2.05, 4.69) is 30.9 Å². The fourth-order valence-electron chi connectivity index (χ4n) is 1.77. The molecule has 0 spiro atoms. The van der Waals surface area contributed by atoms with Crippen LogP contribution in [-0.2, 0) is 6.42 Å². The maximum absolute atomic E-state index is 5.87. The maximum atomic E-state index is 5.87. The van der Waals surface area contributed by atoms with Gasteiger partial charge in [-0.15, -0.1) is 0 Å². The summed E-state index contributed by atoms with van der Waals surface area (Å²) in [7, 11) is 0. The van der Waals surface area contributed by atoms with Gasteiger partial charge in [0.25, 0.3) is 0 Å². The molecule has 0 aromatic carbocycles. The quantitative estimate of drug-likeness (QED) is 0.863. The summed E-state index contributed by atoms with van der Waals surface area (Å²) >= 11 is 0. The Morgan fingerprint density at radius 1 is 1.24 bits per heavy atom. The second-order valence-electron chi connectivity index (χ2n) is 5.34. The van der Waals surface area contributed by atoms with Crippen molar-refractivity contribution >= 4 is 5.82 Å². The van der Waals surface area contributed by atoms with Gasteiger partial charge in [0.05, 0.1) is 5.56 Å². The molecule has 0 saturated heterocycles. The summed E-state index contributed by atoms with van der Waals surface area (Å²) < 4.78 is 5.33. The van der Waals surface area contributed by atoms with Crippen molar-refractivity contribution in [2.75, 3.05) is 5.73 Å². The lowest BCUT2D eigenvalue weighted by atomic mass is 9.89. The number of rotatable bonds is 2. The molecule has 17 heavy (non-hydrogen) atoms. The van der Waals surface area contributed by atoms with E-state index < -0.39 is 0 Å². The van der Waals surface area contributed by atoms with Crippen LogP contribution in [0.4, 0.5) is 5.82 Å². The summed E-state index contributed by atoms with van der Waals surface area (Å²) in [5.74, 6) is 1.27. The largest absolute Gasteiger partial charge is 0.380 e. The third-order valence-electron chi connectivity index (χ3n) is 2.45. The minimum Gasteiger partial charge on any atom is -0.380 e. The predicted molar refractivity (Wildman–Crippen MR) is 67.3 cm³/mol. The monoisotopic (exact) mass is 231 g/mol. The first-order valence-corrected chi connectivity index (χ1v) is 5.62. The van der Waals surface area contributed by atoms with Gasteiger partial charge in [0.15, 0.2) is 5.82 Å². The van der Waals surface area contributed by atoms with Crippen molar-refractivity contribution in [3.8, 4) is 11.1 Å². The van der Waals surface area contributed by atoms with Gasteiger partial charge in [-0.3, -0.25) is 4.98 Å². The fourth-order valence-corrected chi connectivity index (χ4v) is 1.77. The molecule has 0 amide bonds. The molecule has 2 aromatic rings. The van der Waals surface area contributed by atoms with Crippen LogP contribution in [0.2, 0.25) is 0 Å². The average molecular weight is 231 g/mol. The molecule has 0 aliphatic heterocycles. The highest BCUT2D eigenvalue weighted by molar-refractivity contribution is 5.75. The van der Waals surface area contributed by atoms with Crippen molar-refractivity contribution in [2.45, 2.75) is 27.2 Å². The summed E-state index contributed by atoms with van der Waals surface area (Å²) in [6.45, 7) is 6.46. The first-order chi connectivity index (χ1) is 7.97. The fraction of sp³-hybridized carbons (Fsp3) is 0.385. The van der Waals surface area contributed by atoms with E-state index in [-0.39, 0.29) is 5.41 Å². The van der Waals surface area contributed by atoms with E-state index in [1.807, 2.05) is 12.1 Å². The summed E-state index contributed by atoms with van der Waals surface area (Å²) in [6.07, 6.45) is 4.28. The summed E-state index contributed by atoms with van der Waals surface area (Å²) in [5.41, 5.74) is 7.89. The molecule has 0 fully saturated rings. The Kier molecular flexibility index (Phi) is 2.88. The molecule has 0 atom stereocenters. The SMILES string of the molecule is CC(C)(C)Cc1onc(N)c1-c1ccncc1. The van der Waals surface area contributed by atoms with Crippen LogP contribution in [0.25, 0.3) is 11.1 Å². The Labute approximate surface area is 101 Å². The van der Waals surface area contributed by atoms with Crippen LogP contribution in [0, 0.1) is 5.41 Å². The van der Waals surface area contributed by atoms with Gasteiger partial charge < -0.3 is 10.3 Å². The molecule has 0 saturated carbocycles. The highest BCUT2D eigenvalue weighted by Gasteiger charge is 2.21. The molecule has 2 rings (SSSR count). The molecule has 4 heteroatoms. The van der Waals surface area contributed by atoms with Crippen LogP contribution >= 0.6 is 0 Å². The van der Waals surface area contributed by atoms with Gasteiger partial charge in [-0.2, -0.15) is 0 Å². The Balaban J connectivity index is 2.44. The number of nitrogens with zero attached hydrogens (tertiary/aromatic N) is 2. The molecule has 0 unspecified atom stereocenters. The zero-order valence-corrected chi connectivity index (χ0v) is 10.4. The van der Waals surface area contributed by atoms with E-state index in [1.54, 1.807) is 12.4 Å². The minimum absolute atomic E-state index is 0.133. The lowest BCUT2D eigenvalue weighted by Gasteiger charge is -2.16. The second kappa shape index (κ2) is 4.20. The first-order valence-electron chi connectivity index (χ1n) is 5.62. The molecular formula is C13H17N3O. The standard InChI is InChI=1S/C13H17N3O/c1-13(2,3)8-10-11(12(14)16-17-10)9-4-6-15-7-5-9/h4-7H,8H2,1-3H3,(H2,14,16). The Hall–Kier alpha value is -1.84. The van der Waals surface area contributed by atoms with Gasteiger partial charge in [-0.1, -0.05) is 25.9 Å². The predicted octanol–water partition coefficient (Wildman–Crippen LogP) is 2.91. The Morgan fingerprint density at radius 3 is 2.47 bits per heavy atom. The lowest BCUT2D eigenvalue weighted by molar-refractivity contribution is 0.322. The van der Waals surface area contributed by atoms with Crippen molar-refractivity contribution < 1.29 is 4.52 Å². The van der Waals surface area contributed by atoms with Gasteiger partial charge in [-0.05, 0) is 23.1 Å². The molecule has 0 radical (unpaired) electrons. The van der Waals surface area contributed by atoms with Crippen LogP contribution in [0.5, 0.6) is 0 Å². The molecule has 2 N–H and O–H groups in total. The van der Waals surface area contributed by atoms with E-state index in [4.69, 9.17) is 10.3 Å². The van der Waals surface area contributed by atoms with E-state index >= 15 is 0 Å². The van der Waals surface area contributed by atoms with Crippen LogP contribution < -0.4 is 5.73 Å². The first kappa shape index (κ1) is 11.6. The van der Waals surface area contributed by atoms with Crippen LogP contribution in [0.15, 0.2) is 29.0 Å². The summed E-state index contributed by atoms with van der Waals surface area (Å²) in [6, 6.07) is 3.82. The molecule has 90 valence electrons. The highest BCUT2D eigenvalue weighted by Crippen LogP contribution is 2.33. The molecule has 0 aliphatic rings. The van der Waals surface area contributed by atoms with Gasteiger partial charge in [0.2, 0.25) is 0 Å². The Morgan fingerprint density at radius 2 is 1.88 bits per heavy atom. The normalized spacial score (nSPS) is 11.7. The number of pyridine rings is 1. The van der Waals surface area contributed by atoms with E-state index in [1.165, 1.54) is 0 Å². The highest BCUT2D eigenvalue weighted by atomic mass is 16.5. The van der Waals surface area contributed by atoms with Gasteiger partial charge in [-0.25, -0.2) is 0 Å². The number of hydrogen-bond donors (Lipinski definition) is 1. The van der Waals surface area contributed by atoms with Gasteiger partial charge in [0.1, 0.15) is 5.76 Å². The molecule has 0 bridgehead atoms. The van der Waals surface area contributed by atoms with E-state index in [0.29, 0.717) is 5.82 Å². The molecule has 2 heterocycles. The lowest BCUT2D eigenvalue weighted by Crippen LogP contribution is -2.09. The number of hydrogen-bond acceptors (Lipinski definition) is 4. The number of nitrogen functional groups attached to an aromatic ring is 1. The minimum atomic E-state index is 0.133. The van der Waals surface area contributed by atoms with Gasteiger partial charge >= 0.3 is 0 Å². The zero-order chi connectivity index (χ0) is 12.5. The number of anilines is 1. The zero-order valence-electron chi connectivity index (χ0n) is 10.4. The molecule has 2 aromatic heterocycles. The molecule has 0 aliphatic carbocycles. The van der Waals surface area contributed by atoms with Crippen LogP contribution in [-0.4, -0.2) is 10.1 Å². The smallest absolute Gasteiger partial charge is 0.175 e.